The maximum absolute atomic E-state index is 12.6. The quantitative estimate of drug-likeness (QED) is 0.422. The Balaban J connectivity index is 2.08. The van der Waals surface area contributed by atoms with E-state index >= 15 is 0 Å². The molecule has 136 valence electrons. The zero-order valence-corrected chi connectivity index (χ0v) is 15.8. The number of carbonyl (C=O) groups excluding carboxylic acids is 1. The van der Waals surface area contributed by atoms with Gasteiger partial charge in [-0.3, -0.25) is 9.36 Å². The smallest absolute Gasteiger partial charge is 0.335 e. The highest BCUT2D eigenvalue weighted by Gasteiger charge is 2.24. The summed E-state index contributed by atoms with van der Waals surface area (Å²) < 4.78 is 23.1. The van der Waals surface area contributed by atoms with E-state index in [1.165, 1.54) is 0 Å². The molecule has 0 spiro atoms. The van der Waals surface area contributed by atoms with Crippen LogP contribution in [0.15, 0.2) is 42.5 Å². The monoisotopic (exact) mass is 372 g/mol. The summed E-state index contributed by atoms with van der Waals surface area (Å²) in [6.45, 7) is 4.14. The van der Waals surface area contributed by atoms with E-state index in [1.54, 1.807) is 56.3 Å². The van der Waals surface area contributed by atoms with Crippen molar-refractivity contribution in [2.24, 2.45) is 0 Å². The third-order valence-electron chi connectivity index (χ3n) is 3.57. The normalized spacial score (nSPS) is 11.3. The second-order valence-electron chi connectivity index (χ2n) is 5.60. The molecule has 0 aliphatic heterocycles. The van der Waals surface area contributed by atoms with E-state index < -0.39 is 7.60 Å². The summed E-state index contributed by atoms with van der Waals surface area (Å²) in [5, 5.41) is 2.74. The number of nitrogen functional groups attached to an aromatic ring is 1. The number of rotatable bonds is 8. The number of nitrogens with two attached hydrogens (primary N) is 1. The third kappa shape index (κ3) is 5.46. The van der Waals surface area contributed by atoms with Gasteiger partial charge in [0.05, 0.1) is 30.8 Å². The van der Waals surface area contributed by atoms with Gasteiger partial charge in [-0.05, 0) is 43.7 Å². The minimum atomic E-state index is -3.18. The number of benzene rings is 2. The topological polar surface area (TPSA) is 90.7 Å². The molecular formula is C18H22BN2O4P. The Morgan fingerprint density at radius 1 is 1.12 bits per heavy atom. The molecule has 0 aromatic heterocycles. The molecule has 2 rings (SSSR count). The van der Waals surface area contributed by atoms with Crippen LogP contribution in [0.25, 0.3) is 0 Å². The van der Waals surface area contributed by atoms with Crippen molar-refractivity contribution in [2.75, 3.05) is 24.3 Å². The fraction of sp³-hybridized carbons (Fsp3) is 0.278. The molecule has 6 nitrogen and oxygen atoms in total. The molecule has 26 heavy (non-hydrogen) atoms. The highest BCUT2D eigenvalue weighted by molar-refractivity contribution is 7.53. The second-order valence-corrected chi connectivity index (χ2v) is 7.66. The van der Waals surface area contributed by atoms with Gasteiger partial charge in [-0.25, -0.2) is 0 Å². The Hall–Kier alpha value is -2.08. The average Bonchev–Trinajstić information content (AvgIpc) is 2.58. The highest BCUT2D eigenvalue weighted by Crippen LogP contribution is 2.51. The van der Waals surface area contributed by atoms with Gasteiger partial charge in [-0.2, -0.15) is 0 Å². The van der Waals surface area contributed by atoms with E-state index in [2.05, 4.69) is 5.32 Å². The molecule has 0 aliphatic rings. The molecule has 2 radical (unpaired) electrons. The Bertz CT molecular complexity index is 801. The van der Waals surface area contributed by atoms with Gasteiger partial charge in [0.2, 0.25) is 0 Å². The van der Waals surface area contributed by atoms with Crippen LogP contribution in [0.5, 0.6) is 0 Å². The first-order valence-corrected chi connectivity index (χ1v) is 10.0. The average molecular weight is 372 g/mol. The van der Waals surface area contributed by atoms with E-state index in [0.29, 0.717) is 35.6 Å². The highest BCUT2D eigenvalue weighted by atomic mass is 31.2. The van der Waals surface area contributed by atoms with Crippen LogP contribution in [0.4, 0.5) is 11.4 Å². The van der Waals surface area contributed by atoms with Crippen LogP contribution < -0.4 is 16.5 Å². The van der Waals surface area contributed by atoms with Gasteiger partial charge in [0, 0.05) is 5.56 Å². The van der Waals surface area contributed by atoms with Gasteiger partial charge < -0.3 is 20.1 Å². The van der Waals surface area contributed by atoms with Gasteiger partial charge in [-0.15, -0.1) is 0 Å². The molecule has 0 unspecified atom stereocenters. The standard InChI is InChI=1S/C18H22BN2O4P/c1-3-24-26(23,25-4-2)12-13-5-7-14(8-6-13)18(22)21-17-10-9-15(19)11-16(17)20/h5-11H,3-4,12,20H2,1-2H3,(H,21,22). The lowest BCUT2D eigenvalue weighted by Gasteiger charge is -2.17. The lowest BCUT2D eigenvalue weighted by molar-refractivity contribution is 0.102. The molecule has 0 heterocycles. The van der Waals surface area contributed by atoms with Crippen molar-refractivity contribution in [3.05, 3.63) is 53.6 Å². The van der Waals surface area contributed by atoms with Crippen LogP contribution in [-0.4, -0.2) is 27.0 Å². The minimum absolute atomic E-state index is 0.154. The predicted molar refractivity (Wildman–Crippen MR) is 105 cm³/mol. The fourth-order valence-corrected chi connectivity index (χ4v) is 4.10. The van der Waals surface area contributed by atoms with Gasteiger partial charge in [-0.1, -0.05) is 23.7 Å². The number of nitrogens with one attached hydrogen (secondary N) is 1. The number of carbonyl (C=O) groups is 1. The maximum Gasteiger partial charge on any atom is 0.335 e. The van der Waals surface area contributed by atoms with Crippen molar-refractivity contribution in [3.8, 4) is 0 Å². The fourth-order valence-electron chi connectivity index (χ4n) is 2.40. The minimum Gasteiger partial charge on any atom is -0.397 e. The van der Waals surface area contributed by atoms with Gasteiger partial charge in [0.15, 0.2) is 0 Å². The summed E-state index contributed by atoms with van der Waals surface area (Å²) in [5.74, 6) is -0.300. The van der Waals surface area contributed by atoms with Crippen LogP contribution >= 0.6 is 7.60 Å². The van der Waals surface area contributed by atoms with Crippen LogP contribution in [0.1, 0.15) is 29.8 Å². The zero-order chi connectivity index (χ0) is 19.2. The van der Waals surface area contributed by atoms with Crippen molar-refractivity contribution in [1.82, 2.24) is 0 Å². The molecule has 0 saturated heterocycles. The number of amides is 1. The molecule has 2 aromatic rings. The molecule has 0 fully saturated rings. The molecular weight excluding hydrogens is 350 g/mol. The summed E-state index contributed by atoms with van der Waals surface area (Å²) in [5.41, 5.74) is 8.47. The van der Waals surface area contributed by atoms with E-state index in [1.807, 2.05) is 0 Å². The van der Waals surface area contributed by atoms with E-state index in [-0.39, 0.29) is 12.1 Å². The van der Waals surface area contributed by atoms with Gasteiger partial charge in [0.25, 0.3) is 5.91 Å². The number of hydrogen-bond acceptors (Lipinski definition) is 5. The second kappa shape index (κ2) is 9.03. The largest absolute Gasteiger partial charge is 0.397 e. The molecule has 2 aromatic carbocycles. The Morgan fingerprint density at radius 3 is 2.27 bits per heavy atom. The van der Waals surface area contributed by atoms with Crippen molar-refractivity contribution in [1.29, 1.82) is 0 Å². The van der Waals surface area contributed by atoms with E-state index in [9.17, 15) is 9.36 Å². The summed E-state index contributed by atoms with van der Waals surface area (Å²) in [6.07, 6.45) is 0.154. The van der Waals surface area contributed by atoms with Gasteiger partial charge >= 0.3 is 7.60 Å². The first-order chi connectivity index (χ1) is 12.4. The number of hydrogen-bond donors (Lipinski definition) is 2. The lowest BCUT2D eigenvalue weighted by atomic mass is 9.95. The molecule has 1 amide bonds. The van der Waals surface area contributed by atoms with E-state index in [4.69, 9.17) is 22.6 Å². The summed E-state index contributed by atoms with van der Waals surface area (Å²) in [4.78, 5) is 12.4. The molecule has 0 bridgehead atoms. The van der Waals surface area contributed by atoms with Crippen LogP contribution in [-0.2, 0) is 19.8 Å². The molecule has 0 atom stereocenters. The predicted octanol–water partition coefficient (Wildman–Crippen LogP) is 3.08. The first kappa shape index (κ1) is 20.2. The zero-order valence-electron chi connectivity index (χ0n) is 14.9. The van der Waals surface area contributed by atoms with Crippen molar-refractivity contribution >= 4 is 38.2 Å². The lowest BCUT2D eigenvalue weighted by Crippen LogP contribution is -2.14. The van der Waals surface area contributed by atoms with Crippen LogP contribution in [0.3, 0.4) is 0 Å². The van der Waals surface area contributed by atoms with Crippen LogP contribution in [0, 0.1) is 0 Å². The SMILES string of the molecule is [B]c1ccc(NC(=O)c2ccc(CP(=O)(OCC)OCC)cc2)c(N)c1. The Morgan fingerprint density at radius 2 is 1.73 bits per heavy atom. The van der Waals surface area contributed by atoms with Crippen molar-refractivity contribution in [2.45, 2.75) is 20.0 Å². The van der Waals surface area contributed by atoms with Crippen LogP contribution in [0.2, 0.25) is 0 Å². The third-order valence-corrected chi connectivity index (χ3v) is 5.62. The maximum atomic E-state index is 12.6. The van der Waals surface area contributed by atoms with Crippen molar-refractivity contribution in [3.63, 3.8) is 0 Å². The molecule has 0 saturated carbocycles. The summed E-state index contributed by atoms with van der Waals surface area (Å²) >= 11 is 0. The molecule has 0 aliphatic carbocycles. The Labute approximate surface area is 155 Å². The molecule has 3 N–H and O–H groups in total. The molecule has 8 heteroatoms. The summed E-state index contributed by atoms with van der Waals surface area (Å²) in [6, 6.07) is 11.7. The van der Waals surface area contributed by atoms with E-state index in [0.717, 1.165) is 5.56 Å². The first-order valence-electron chi connectivity index (χ1n) is 8.30. The summed E-state index contributed by atoms with van der Waals surface area (Å²) in [7, 11) is 2.47. The Kier molecular flexibility index (Phi) is 7.03. The van der Waals surface area contributed by atoms with Gasteiger partial charge in [0.1, 0.15) is 7.85 Å². The van der Waals surface area contributed by atoms with Crippen molar-refractivity contribution < 1.29 is 18.4 Å². The number of anilines is 2.